The highest BCUT2D eigenvalue weighted by Gasteiger charge is 2.14. The summed E-state index contributed by atoms with van der Waals surface area (Å²) in [4.78, 5) is 16.1. The fourth-order valence-electron chi connectivity index (χ4n) is 1.77. The molecule has 0 saturated heterocycles. The number of rotatable bonds is 3. The number of hydrogen-bond acceptors (Lipinski definition) is 3. The molecule has 2 aromatic rings. The fraction of sp³-hybridized carbons (Fsp3) is 0.143. The van der Waals surface area contributed by atoms with Crippen LogP contribution < -0.4 is 10.6 Å². The Morgan fingerprint density at radius 3 is 2.75 bits per heavy atom. The molecule has 0 unspecified atom stereocenters. The Bertz CT molecular complexity index is 661. The summed E-state index contributed by atoms with van der Waals surface area (Å²) in [7, 11) is 1.63. The Hall–Kier alpha value is -1.95. The molecule has 6 heteroatoms. The van der Waals surface area contributed by atoms with E-state index in [2.05, 4.69) is 31.5 Å². The van der Waals surface area contributed by atoms with Crippen molar-refractivity contribution in [3.8, 4) is 0 Å². The van der Waals surface area contributed by atoms with Crippen molar-refractivity contribution in [1.29, 1.82) is 0 Å². The number of aryl methyl sites for hydroxylation is 1. The van der Waals surface area contributed by atoms with E-state index in [1.165, 1.54) is 0 Å². The van der Waals surface area contributed by atoms with Crippen molar-refractivity contribution in [2.24, 2.45) is 0 Å². The van der Waals surface area contributed by atoms with Crippen LogP contribution in [-0.4, -0.2) is 17.9 Å². The number of carbonyl (C=O) groups excluding carboxylic acids is 1. The van der Waals surface area contributed by atoms with E-state index in [1.54, 1.807) is 13.1 Å². The van der Waals surface area contributed by atoms with E-state index in [-0.39, 0.29) is 5.56 Å². The van der Waals surface area contributed by atoms with Crippen molar-refractivity contribution in [3.05, 3.63) is 51.9 Å². The Kier molecular flexibility index (Phi) is 4.34. The predicted molar refractivity (Wildman–Crippen MR) is 80.6 cm³/mol. The van der Waals surface area contributed by atoms with E-state index in [4.69, 9.17) is 0 Å². The fourth-order valence-corrected chi connectivity index (χ4v) is 2.24. The second-order valence-corrected chi connectivity index (χ2v) is 5.13. The van der Waals surface area contributed by atoms with E-state index in [9.17, 15) is 9.18 Å². The van der Waals surface area contributed by atoms with Gasteiger partial charge in [-0.3, -0.25) is 4.79 Å². The number of aromatic nitrogens is 1. The molecule has 104 valence electrons. The molecule has 0 bridgehead atoms. The van der Waals surface area contributed by atoms with Crippen LogP contribution in [0.4, 0.5) is 15.9 Å². The summed E-state index contributed by atoms with van der Waals surface area (Å²) in [5.74, 6) is -0.632. The van der Waals surface area contributed by atoms with Crippen molar-refractivity contribution >= 4 is 33.3 Å². The van der Waals surface area contributed by atoms with Gasteiger partial charge in [-0.2, -0.15) is 0 Å². The van der Waals surface area contributed by atoms with Crippen molar-refractivity contribution in [2.75, 3.05) is 17.7 Å². The Labute approximate surface area is 124 Å². The molecule has 4 nitrogen and oxygen atoms in total. The van der Waals surface area contributed by atoms with Gasteiger partial charge >= 0.3 is 0 Å². The molecule has 2 rings (SSSR count). The lowest BCUT2D eigenvalue weighted by Crippen LogP contribution is -2.16. The van der Waals surface area contributed by atoms with Crippen LogP contribution in [0.3, 0.4) is 0 Å². The third-order valence-corrected chi connectivity index (χ3v) is 3.27. The van der Waals surface area contributed by atoms with Crippen molar-refractivity contribution in [1.82, 2.24) is 4.98 Å². The maximum absolute atomic E-state index is 13.2. The van der Waals surface area contributed by atoms with Gasteiger partial charge in [0.2, 0.25) is 0 Å². The van der Waals surface area contributed by atoms with Crippen molar-refractivity contribution in [2.45, 2.75) is 6.92 Å². The smallest absolute Gasteiger partial charge is 0.259 e. The average Bonchev–Trinajstić information content (AvgIpc) is 2.41. The van der Waals surface area contributed by atoms with Gasteiger partial charge in [0.15, 0.2) is 0 Å². The van der Waals surface area contributed by atoms with E-state index in [0.29, 0.717) is 11.5 Å². The van der Waals surface area contributed by atoms with Gasteiger partial charge in [-0.15, -0.1) is 0 Å². The number of hydrogen-bond donors (Lipinski definition) is 2. The topological polar surface area (TPSA) is 54.0 Å². The second kappa shape index (κ2) is 6.00. The molecule has 0 saturated carbocycles. The van der Waals surface area contributed by atoms with Gasteiger partial charge in [-0.25, -0.2) is 9.37 Å². The summed E-state index contributed by atoms with van der Waals surface area (Å²) < 4.78 is 14.2. The number of benzene rings is 1. The summed E-state index contributed by atoms with van der Waals surface area (Å²) >= 11 is 3.36. The number of carbonyl (C=O) groups is 1. The SMILES string of the molecule is CNc1ncc(F)cc1C(=O)Nc1ccc(Br)cc1C. The molecular weight excluding hydrogens is 325 g/mol. The predicted octanol–water partition coefficient (Wildman–Crippen LogP) is 3.59. The summed E-state index contributed by atoms with van der Waals surface area (Å²) in [5, 5.41) is 5.52. The van der Waals surface area contributed by atoms with Crippen molar-refractivity contribution in [3.63, 3.8) is 0 Å². The van der Waals surface area contributed by atoms with Crippen LogP contribution in [0.1, 0.15) is 15.9 Å². The van der Waals surface area contributed by atoms with Gasteiger partial charge in [-0.05, 0) is 36.8 Å². The van der Waals surface area contributed by atoms with E-state index in [1.807, 2.05) is 19.1 Å². The number of anilines is 2. The third kappa shape index (κ3) is 3.14. The molecule has 20 heavy (non-hydrogen) atoms. The zero-order chi connectivity index (χ0) is 14.7. The molecule has 0 aliphatic carbocycles. The molecular formula is C14H13BrFN3O. The number of pyridine rings is 1. The Morgan fingerprint density at radius 2 is 2.10 bits per heavy atom. The molecule has 0 fully saturated rings. The highest BCUT2D eigenvalue weighted by atomic mass is 79.9. The van der Waals surface area contributed by atoms with Crippen LogP contribution in [-0.2, 0) is 0 Å². The largest absolute Gasteiger partial charge is 0.372 e. The minimum atomic E-state index is -0.554. The number of amides is 1. The first-order valence-corrected chi connectivity index (χ1v) is 6.71. The molecule has 0 radical (unpaired) electrons. The third-order valence-electron chi connectivity index (χ3n) is 2.77. The van der Waals surface area contributed by atoms with Crippen LogP contribution in [0, 0.1) is 12.7 Å². The van der Waals surface area contributed by atoms with Crippen LogP contribution in [0.15, 0.2) is 34.9 Å². The van der Waals surface area contributed by atoms with E-state index >= 15 is 0 Å². The molecule has 2 N–H and O–H groups in total. The van der Waals surface area contributed by atoms with Gasteiger partial charge in [-0.1, -0.05) is 15.9 Å². The van der Waals surface area contributed by atoms with Crippen LogP contribution >= 0.6 is 15.9 Å². The first-order valence-electron chi connectivity index (χ1n) is 5.92. The van der Waals surface area contributed by atoms with Crippen molar-refractivity contribution < 1.29 is 9.18 Å². The van der Waals surface area contributed by atoms with Crippen LogP contribution in [0.5, 0.6) is 0 Å². The summed E-state index contributed by atoms with van der Waals surface area (Å²) in [6.07, 6.45) is 1.06. The first-order chi connectivity index (χ1) is 9.51. The van der Waals surface area contributed by atoms with Gasteiger partial charge in [0.05, 0.1) is 11.8 Å². The summed E-state index contributed by atoms with van der Waals surface area (Å²) in [6, 6.07) is 6.65. The second-order valence-electron chi connectivity index (χ2n) is 4.21. The highest BCUT2D eigenvalue weighted by molar-refractivity contribution is 9.10. The molecule has 1 amide bonds. The molecule has 0 atom stereocenters. The maximum Gasteiger partial charge on any atom is 0.259 e. The standard InChI is InChI=1S/C14H13BrFN3O/c1-8-5-9(15)3-4-12(8)19-14(20)11-6-10(16)7-18-13(11)17-2/h3-7H,1-2H3,(H,17,18)(H,19,20). The first kappa shape index (κ1) is 14.5. The van der Waals surface area contributed by atoms with Gasteiger partial charge in [0, 0.05) is 17.2 Å². The lowest BCUT2D eigenvalue weighted by molar-refractivity contribution is 0.102. The minimum absolute atomic E-state index is 0.162. The zero-order valence-electron chi connectivity index (χ0n) is 11.0. The lowest BCUT2D eigenvalue weighted by Gasteiger charge is -2.11. The minimum Gasteiger partial charge on any atom is -0.372 e. The monoisotopic (exact) mass is 337 g/mol. The van der Waals surface area contributed by atoms with Gasteiger partial charge in [0.1, 0.15) is 11.6 Å². The molecule has 0 aliphatic rings. The maximum atomic E-state index is 13.2. The summed E-state index contributed by atoms with van der Waals surface area (Å²) in [6.45, 7) is 1.88. The number of nitrogens with zero attached hydrogens (tertiary/aromatic N) is 1. The zero-order valence-corrected chi connectivity index (χ0v) is 12.6. The molecule has 1 heterocycles. The highest BCUT2D eigenvalue weighted by Crippen LogP contribution is 2.22. The van der Waals surface area contributed by atoms with E-state index < -0.39 is 11.7 Å². The number of nitrogens with one attached hydrogen (secondary N) is 2. The van der Waals surface area contributed by atoms with Crippen LogP contribution in [0.25, 0.3) is 0 Å². The normalized spacial score (nSPS) is 10.2. The Balaban J connectivity index is 2.30. The van der Waals surface area contributed by atoms with Gasteiger partial charge in [0.25, 0.3) is 5.91 Å². The molecule has 1 aromatic carbocycles. The molecule has 0 aliphatic heterocycles. The summed E-state index contributed by atoms with van der Waals surface area (Å²) in [5.41, 5.74) is 1.74. The molecule has 0 spiro atoms. The van der Waals surface area contributed by atoms with Crippen LogP contribution in [0.2, 0.25) is 0 Å². The number of halogens is 2. The Morgan fingerprint density at radius 1 is 1.35 bits per heavy atom. The lowest BCUT2D eigenvalue weighted by atomic mass is 10.2. The van der Waals surface area contributed by atoms with Gasteiger partial charge < -0.3 is 10.6 Å². The average molecular weight is 338 g/mol. The molecule has 1 aromatic heterocycles. The van der Waals surface area contributed by atoms with E-state index in [0.717, 1.165) is 22.3 Å². The quantitative estimate of drug-likeness (QED) is 0.899.